The lowest BCUT2D eigenvalue weighted by Gasteiger charge is -2.20. The highest BCUT2D eigenvalue weighted by molar-refractivity contribution is 5.70. The van der Waals surface area contributed by atoms with Crippen molar-refractivity contribution >= 4 is 0 Å². The van der Waals surface area contributed by atoms with Gasteiger partial charge in [-0.1, -0.05) is 18.2 Å². The fourth-order valence-corrected chi connectivity index (χ4v) is 3.68. The van der Waals surface area contributed by atoms with Crippen LogP contribution in [-0.2, 0) is 13.1 Å². The predicted octanol–water partition coefficient (Wildman–Crippen LogP) is 5.04. The van der Waals surface area contributed by atoms with Crippen molar-refractivity contribution in [3.05, 3.63) is 77.4 Å². The van der Waals surface area contributed by atoms with Gasteiger partial charge in [-0.3, -0.25) is 4.90 Å². The van der Waals surface area contributed by atoms with Gasteiger partial charge in [0.15, 0.2) is 11.5 Å². The van der Waals surface area contributed by atoms with Crippen molar-refractivity contribution < 1.29 is 23.0 Å². The number of halogens is 2. The van der Waals surface area contributed by atoms with Crippen LogP contribution >= 0.6 is 0 Å². The molecule has 0 fully saturated rings. The van der Waals surface area contributed by atoms with Crippen molar-refractivity contribution in [3.8, 4) is 28.4 Å². The Hall–Kier alpha value is -3.12. The predicted molar refractivity (Wildman–Crippen MR) is 111 cm³/mol. The molecule has 1 aliphatic heterocycles. The summed E-state index contributed by atoms with van der Waals surface area (Å²) in [6, 6.07) is 15.5. The number of methoxy groups -OCH3 is 2. The molecule has 0 radical (unpaired) electrons. The van der Waals surface area contributed by atoms with Gasteiger partial charge < -0.3 is 14.2 Å². The average molecular weight is 411 g/mol. The standard InChI is InChI=1S/C24H23F2NO3/c1-28-21-5-3-4-16(11-21)18-10-19-15-27(8-9-30-24(19)23(12-18)29-2)14-17-6-7-20(25)13-22(17)26/h3-7,10-13H,8-9,14-15H2,1-2H3. The second-order valence-corrected chi connectivity index (χ2v) is 7.19. The Labute approximate surface area is 174 Å². The molecule has 1 aliphatic rings. The van der Waals surface area contributed by atoms with E-state index in [1.165, 1.54) is 12.1 Å². The van der Waals surface area contributed by atoms with Crippen LogP contribution in [0.15, 0.2) is 54.6 Å². The molecule has 30 heavy (non-hydrogen) atoms. The number of hydrogen-bond donors (Lipinski definition) is 0. The minimum atomic E-state index is -0.575. The van der Waals surface area contributed by atoms with Crippen molar-refractivity contribution in [1.82, 2.24) is 4.90 Å². The third-order valence-corrected chi connectivity index (χ3v) is 5.21. The maximum atomic E-state index is 14.1. The molecular formula is C24H23F2NO3. The lowest BCUT2D eigenvalue weighted by molar-refractivity contribution is 0.215. The van der Waals surface area contributed by atoms with Gasteiger partial charge in [0.25, 0.3) is 0 Å². The Morgan fingerprint density at radius 2 is 1.83 bits per heavy atom. The van der Waals surface area contributed by atoms with E-state index in [4.69, 9.17) is 14.2 Å². The summed E-state index contributed by atoms with van der Waals surface area (Å²) in [5.74, 6) is 1.01. The SMILES string of the molecule is COc1cccc(-c2cc3c(c(OC)c2)OCCN(Cc2ccc(F)cc2F)C3)c1. The molecule has 0 saturated carbocycles. The lowest BCUT2D eigenvalue weighted by atomic mass is 10.0. The molecule has 0 aliphatic carbocycles. The number of benzene rings is 3. The molecule has 1 heterocycles. The zero-order chi connectivity index (χ0) is 21.1. The van der Waals surface area contributed by atoms with Gasteiger partial charge in [-0.2, -0.15) is 0 Å². The Kier molecular flexibility index (Phi) is 5.86. The minimum Gasteiger partial charge on any atom is -0.497 e. The number of ether oxygens (including phenoxy) is 3. The largest absolute Gasteiger partial charge is 0.497 e. The summed E-state index contributed by atoms with van der Waals surface area (Å²) in [6.07, 6.45) is 0. The molecule has 4 rings (SSSR count). The Balaban J connectivity index is 1.67. The van der Waals surface area contributed by atoms with Crippen LogP contribution in [0.25, 0.3) is 11.1 Å². The minimum absolute atomic E-state index is 0.362. The van der Waals surface area contributed by atoms with Gasteiger partial charge in [-0.05, 0) is 41.5 Å². The molecule has 3 aromatic carbocycles. The third kappa shape index (κ3) is 4.24. The molecule has 156 valence electrons. The molecule has 3 aromatic rings. The van der Waals surface area contributed by atoms with Crippen LogP contribution in [0.4, 0.5) is 8.78 Å². The average Bonchev–Trinajstić information content (AvgIpc) is 2.96. The van der Waals surface area contributed by atoms with Gasteiger partial charge in [-0.15, -0.1) is 0 Å². The van der Waals surface area contributed by atoms with Crippen LogP contribution in [0.2, 0.25) is 0 Å². The molecule has 0 amide bonds. The number of rotatable bonds is 5. The van der Waals surface area contributed by atoms with E-state index in [0.29, 0.717) is 43.3 Å². The summed E-state index contributed by atoms with van der Waals surface area (Å²) in [6.45, 7) is 1.98. The first kappa shape index (κ1) is 20.2. The van der Waals surface area contributed by atoms with E-state index in [1.807, 2.05) is 30.3 Å². The van der Waals surface area contributed by atoms with Gasteiger partial charge >= 0.3 is 0 Å². The molecule has 0 atom stereocenters. The fourth-order valence-electron chi connectivity index (χ4n) is 3.68. The molecule has 0 bridgehead atoms. The van der Waals surface area contributed by atoms with Crippen molar-refractivity contribution in [1.29, 1.82) is 0 Å². The summed E-state index contributed by atoms with van der Waals surface area (Å²) >= 11 is 0. The first-order valence-electron chi connectivity index (χ1n) is 9.72. The second-order valence-electron chi connectivity index (χ2n) is 7.19. The lowest BCUT2D eigenvalue weighted by Crippen LogP contribution is -2.25. The highest BCUT2D eigenvalue weighted by atomic mass is 19.1. The highest BCUT2D eigenvalue weighted by Gasteiger charge is 2.21. The van der Waals surface area contributed by atoms with E-state index in [-0.39, 0.29) is 0 Å². The Morgan fingerprint density at radius 3 is 2.60 bits per heavy atom. The van der Waals surface area contributed by atoms with Crippen LogP contribution < -0.4 is 14.2 Å². The monoisotopic (exact) mass is 411 g/mol. The van der Waals surface area contributed by atoms with Crippen LogP contribution in [0.5, 0.6) is 17.2 Å². The zero-order valence-corrected chi connectivity index (χ0v) is 17.0. The molecule has 0 saturated heterocycles. The zero-order valence-electron chi connectivity index (χ0n) is 17.0. The third-order valence-electron chi connectivity index (χ3n) is 5.21. The van der Waals surface area contributed by atoms with E-state index >= 15 is 0 Å². The van der Waals surface area contributed by atoms with Crippen LogP contribution in [0.1, 0.15) is 11.1 Å². The topological polar surface area (TPSA) is 30.9 Å². The molecule has 0 N–H and O–H groups in total. The summed E-state index contributed by atoms with van der Waals surface area (Å²) in [5, 5.41) is 0. The van der Waals surface area contributed by atoms with Gasteiger partial charge in [-0.25, -0.2) is 8.78 Å². The van der Waals surface area contributed by atoms with Crippen LogP contribution in [0, 0.1) is 11.6 Å². The quantitative estimate of drug-likeness (QED) is 0.588. The maximum absolute atomic E-state index is 14.1. The fraction of sp³-hybridized carbons (Fsp3) is 0.250. The summed E-state index contributed by atoms with van der Waals surface area (Å²) in [5.41, 5.74) is 3.38. The van der Waals surface area contributed by atoms with Crippen molar-refractivity contribution in [2.45, 2.75) is 13.1 Å². The van der Waals surface area contributed by atoms with Crippen molar-refractivity contribution in [3.63, 3.8) is 0 Å². The number of nitrogens with zero attached hydrogens (tertiary/aromatic N) is 1. The van der Waals surface area contributed by atoms with Gasteiger partial charge in [0.1, 0.15) is 24.0 Å². The number of fused-ring (bicyclic) bond motifs is 1. The summed E-state index contributed by atoms with van der Waals surface area (Å²) in [4.78, 5) is 2.08. The number of hydrogen-bond acceptors (Lipinski definition) is 4. The van der Waals surface area contributed by atoms with Crippen LogP contribution in [0.3, 0.4) is 0 Å². The molecular weight excluding hydrogens is 388 g/mol. The first-order chi connectivity index (χ1) is 14.6. The van der Waals surface area contributed by atoms with Crippen LogP contribution in [-0.4, -0.2) is 32.3 Å². The summed E-state index contributed by atoms with van der Waals surface area (Å²) in [7, 11) is 3.25. The molecule has 0 unspecified atom stereocenters. The van der Waals surface area contributed by atoms with E-state index in [2.05, 4.69) is 11.0 Å². The second kappa shape index (κ2) is 8.71. The molecule has 0 spiro atoms. The Morgan fingerprint density at radius 1 is 0.967 bits per heavy atom. The highest BCUT2D eigenvalue weighted by Crippen LogP contribution is 2.39. The van der Waals surface area contributed by atoms with Gasteiger partial charge in [0.05, 0.1) is 14.2 Å². The van der Waals surface area contributed by atoms with E-state index < -0.39 is 11.6 Å². The molecule has 6 heteroatoms. The molecule has 4 nitrogen and oxygen atoms in total. The van der Waals surface area contributed by atoms with Crippen molar-refractivity contribution in [2.24, 2.45) is 0 Å². The van der Waals surface area contributed by atoms with E-state index in [0.717, 1.165) is 28.5 Å². The molecule has 0 aromatic heterocycles. The normalized spacial score (nSPS) is 13.9. The maximum Gasteiger partial charge on any atom is 0.165 e. The van der Waals surface area contributed by atoms with E-state index in [9.17, 15) is 8.78 Å². The first-order valence-corrected chi connectivity index (χ1v) is 9.72. The Bertz CT molecular complexity index is 1050. The van der Waals surface area contributed by atoms with Crippen molar-refractivity contribution in [2.75, 3.05) is 27.4 Å². The smallest absolute Gasteiger partial charge is 0.165 e. The summed E-state index contributed by atoms with van der Waals surface area (Å²) < 4.78 is 44.3. The van der Waals surface area contributed by atoms with Gasteiger partial charge in [0.2, 0.25) is 0 Å². The van der Waals surface area contributed by atoms with Gasteiger partial charge in [0, 0.05) is 36.8 Å². The van der Waals surface area contributed by atoms with E-state index in [1.54, 1.807) is 14.2 Å².